The highest BCUT2D eigenvalue weighted by atomic mass is 16.1. The van der Waals surface area contributed by atoms with Crippen LogP contribution in [-0.4, -0.2) is 9.97 Å². The molecule has 0 aliphatic rings. The van der Waals surface area contributed by atoms with Gasteiger partial charge in [-0.05, 0) is 19.3 Å². The van der Waals surface area contributed by atoms with E-state index in [1.807, 2.05) is 6.92 Å². The third kappa shape index (κ3) is 4.06. The van der Waals surface area contributed by atoms with Gasteiger partial charge < -0.3 is 9.97 Å². The van der Waals surface area contributed by atoms with Gasteiger partial charge in [0.05, 0.1) is 0 Å². The smallest absolute Gasteiger partial charge is 0.271 e. The topological polar surface area (TPSA) is 65.7 Å². The molecule has 0 aliphatic carbocycles. The average molecular weight is 236 g/mol. The van der Waals surface area contributed by atoms with Crippen LogP contribution in [0.25, 0.3) is 12.2 Å². The monoisotopic (exact) mass is 236 g/mol. The zero-order chi connectivity index (χ0) is 12.7. The molecule has 0 aromatic carbocycles. The lowest BCUT2D eigenvalue weighted by Gasteiger charge is -1.92. The van der Waals surface area contributed by atoms with E-state index in [1.54, 1.807) is 12.2 Å². The molecule has 4 heteroatoms. The number of nitrogens with one attached hydrogen (secondary N) is 2. The summed E-state index contributed by atoms with van der Waals surface area (Å²) < 4.78 is 0. The summed E-state index contributed by atoms with van der Waals surface area (Å²) >= 11 is 0. The number of hydrogen-bond acceptors (Lipinski definition) is 2. The highest BCUT2D eigenvalue weighted by Crippen LogP contribution is 1.98. The summed E-state index contributed by atoms with van der Waals surface area (Å²) in [7, 11) is 0. The number of rotatable bonds is 5. The van der Waals surface area contributed by atoms with E-state index in [9.17, 15) is 9.59 Å². The van der Waals surface area contributed by atoms with Crippen molar-refractivity contribution in [1.29, 1.82) is 0 Å². The Morgan fingerprint density at radius 1 is 0.941 bits per heavy atom. The van der Waals surface area contributed by atoms with E-state index in [4.69, 9.17) is 0 Å². The molecule has 0 spiro atoms. The van der Waals surface area contributed by atoms with Crippen molar-refractivity contribution in [2.75, 3.05) is 0 Å². The minimum atomic E-state index is -0.229. The van der Waals surface area contributed by atoms with Crippen LogP contribution in [-0.2, 0) is 0 Å². The minimum absolute atomic E-state index is 0.221. The van der Waals surface area contributed by atoms with Gasteiger partial charge in [0.2, 0.25) is 0 Å². The molecule has 0 unspecified atom stereocenters. The summed E-state index contributed by atoms with van der Waals surface area (Å²) in [6.45, 7) is 4.05. The first kappa shape index (κ1) is 13.5. The molecule has 2 N–H and O–H groups in total. The zero-order valence-corrected chi connectivity index (χ0v) is 10.5. The summed E-state index contributed by atoms with van der Waals surface area (Å²) in [5.41, 5.74) is -0.450. The van der Waals surface area contributed by atoms with Crippen LogP contribution in [0.15, 0.2) is 9.59 Å². The van der Waals surface area contributed by atoms with Gasteiger partial charge in [-0.1, -0.05) is 38.8 Å². The van der Waals surface area contributed by atoms with Gasteiger partial charge in [0.1, 0.15) is 10.7 Å². The Bertz CT molecular complexity index is 566. The molecule has 94 valence electrons. The summed E-state index contributed by atoms with van der Waals surface area (Å²) in [6.07, 6.45) is 8.38. The Hall–Kier alpha value is -1.58. The predicted molar refractivity (Wildman–Crippen MR) is 70.3 cm³/mol. The van der Waals surface area contributed by atoms with Crippen LogP contribution in [0.5, 0.6) is 0 Å². The summed E-state index contributed by atoms with van der Waals surface area (Å²) in [4.78, 5) is 28.5. The third-order valence-electron chi connectivity index (χ3n) is 2.55. The van der Waals surface area contributed by atoms with Crippen LogP contribution in [0.1, 0.15) is 46.0 Å². The van der Waals surface area contributed by atoms with Crippen molar-refractivity contribution >= 4 is 12.2 Å². The Balaban J connectivity index is 3.04. The van der Waals surface area contributed by atoms with Crippen molar-refractivity contribution in [3.8, 4) is 0 Å². The van der Waals surface area contributed by atoms with E-state index in [2.05, 4.69) is 16.9 Å². The first-order valence-corrected chi connectivity index (χ1v) is 6.22. The molecule has 0 aliphatic heterocycles. The SMILES string of the molecule is CC/C=c1/[nH]c(=O)/c(=C\CCCCC)[nH]c1=O. The van der Waals surface area contributed by atoms with Gasteiger partial charge in [-0.15, -0.1) is 0 Å². The van der Waals surface area contributed by atoms with Crippen molar-refractivity contribution in [2.45, 2.75) is 46.0 Å². The lowest BCUT2D eigenvalue weighted by atomic mass is 10.2. The fourth-order valence-electron chi connectivity index (χ4n) is 1.63. The van der Waals surface area contributed by atoms with E-state index in [1.165, 1.54) is 0 Å². The maximum atomic E-state index is 11.7. The average Bonchev–Trinajstić information content (AvgIpc) is 2.30. The van der Waals surface area contributed by atoms with Gasteiger partial charge in [-0.25, -0.2) is 0 Å². The van der Waals surface area contributed by atoms with Crippen molar-refractivity contribution in [1.82, 2.24) is 9.97 Å². The molecule has 1 heterocycles. The van der Waals surface area contributed by atoms with E-state index in [0.717, 1.165) is 32.1 Å². The maximum absolute atomic E-state index is 11.7. The highest BCUT2D eigenvalue weighted by molar-refractivity contribution is 5.19. The molecule has 17 heavy (non-hydrogen) atoms. The second-order valence-electron chi connectivity index (χ2n) is 4.05. The van der Waals surface area contributed by atoms with Crippen molar-refractivity contribution < 1.29 is 0 Å². The number of aromatic amines is 2. The Morgan fingerprint density at radius 2 is 1.53 bits per heavy atom. The van der Waals surface area contributed by atoms with Gasteiger partial charge >= 0.3 is 0 Å². The largest absolute Gasteiger partial charge is 0.316 e. The van der Waals surface area contributed by atoms with Crippen molar-refractivity contribution in [3.05, 3.63) is 31.4 Å². The Labute approximate surface area is 100 Å². The maximum Gasteiger partial charge on any atom is 0.271 e. The van der Waals surface area contributed by atoms with Crippen molar-refractivity contribution in [3.63, 3.8) is 0 Å². The lowest BCUT2D eigenvalue weighted by molar-refractivity contribution is 0.739. The summed E-state index contributed by atoms with van der Waals surface area (Å²) in [6, 6.07) is 0. The standard InChI is InChI=1S/C13H20N2O2/c1-3-5-6-7-9-11-13(17)14-10(8-4-2)12(16)15-11/h8-9H,3-7H2,1-2H3,(H,14,17)(H,15,16)/b10-8+,11-9+. The van der Waals surface area contributed by atoms with Gasteiger partial charge in [0, 0.05) is 0 Å². The fraction of sp³-hybridized carbons (Fsp3) is 0.538. The first-order chi connectivity index (χ1) is 8.19. The fourth-order valence-corrected chi connectivity index (χ4v) is 1.63. The molecule has 0 bridgehead atoms. The molecule has 1 aromatic rings. The molecule has 1 rings (SSSR count). The molecule has 0 saturated heterocycles. The highest BCUT2D eigenvalue weighted by Gasteiger charge is 1.93. The van der Waals surface area contributed by atoms with Crippen LogP contribution < -0.4 is 21.8 Å². The third-order valence-corrected chi connectivity index (χ3v) is 2.55. The van der Waals surface area contributed by atoms with Crippen LogP contribution in [0.3, 0.4) is 0 Å². The number of unbranched alkanes of at least 4 members (excludes halogenated alkanes) is 3. The van der Waals surface area contributed by atoms with E-state index < -0.39 is 0 Å². The Kier molecular flexibility index (Phi) is 5.46. The molecular weight excluding hydrogens is 216 g/mol. The van der Waals surface area contributed by atoms with E-state index in [0.29, 0.717) is 10.7 Å². The number of H-pyrrole nitrogens is 2. The first-order valence-electron chi connectivity index (χ1n) is 6.22. The summed E-state index contributed by atoms with van der Waals surface area (Å²) in [5, 5.41) is 0.725. The van der Waals surface area contributed by atoms with Crippen LogP contribution in [0.4, 0.5) is 0 Å². The van der Waals surface area contributed by atoms with Crippen LogP contribution in [0.2, 0.25) is 0 Å². The van der Waals surface area contributed by atoms with Crippen molar-refractivity contribution in [2.24, 2.45) is 0 Å². The molecule has 0 radical (unpaired) electrons. The number of aromatic nitrogens is 2. The van der Waals surface area contributed by atoms with Gasteiger partial charge in [-0.2, -0.15) is 0 Å². The van der Waals surface area contributed by atoms with E-state index >= 15 is 0 Å². The zero-order valence-electron chi connectivity index (χ0n) is 10.5. The van der Waals surface area contributed by atoms with Crippen LogP contribution in [0, 0.1) is 0 Å². The Morgan fingerprint density at radius 3 is 2.06 bits per heavy atom. The molecule has 0 amide bonds. The second-order valence-corrected chi connectivity index (χ2v) is 4.05. The normalized spacial score (nSPS) is 13.3. The lowest BCUT2D eigenvalue weighted by Crippen LogP contribution is -2.46. The quantitative estimate of drug-likeness (QED) is 0.736. The molecule has 4 nitrogen and oxygen atoms in total. The van der Waals surface area contributed by atoms with E-state index in [-0.39, 0.29) is 11.1 Å². The molecular formula is C13H20N2O2. The molecule has 1 aromatic heterocycles. The van der Waals surface area contributed by atoms with Gasteiger partial charge in [0.15, 0.2) is 0 Å². The summed E-state index contributed by atoms with van der Waals surface area (Å²) in [5.74, 6) is 0. The van der Waals surface area contributed by atoms with Gasteiger partial charge in [0.25, 0.3) is 11.1 Å². The predicted octanol–water partition coefficient (Wildman–Crippen LogP) is 0.614. The molecule has 0 atom stereocenters. The van der Waals surface area contributed by atoms with Gasteiger partial charge in [-0.3, -0.25) is 9.59 Å². The second kappa shape index (κ2) is 6.89. The molecule has 0 saturated carbocycles. The minimum Gasteiger partial charge on any atom is -0.316 e. The van der Waals surface area contributed by atoms with Crippen LogP contribution >= 0.6 is 0 Å². The number of hydrogen-bond donors (Lipinski definition) is 2. The molecule has 0 fully saturated rings.